The Bertz CT molecular complexity index is 439. The molecule has 0 saturated carbocycles. The Labute approximate surface area is 94.8 Å². The number of nitrogens with zero attached hydrogens (tertiary/aromatic N) is 2. The normalized spacial score (nSPS) is 11.1. The summed E-state index contributed by atoms with van der Waals surface area (Å²) in [5.41, 5.74) is 6.03. The fraction of sp³-hybridized carbons (Fsp3) is 0.455. The molecule has 5 nitrogen and oxygen atoms in total. The lowest BCUT2D eigenvalue weighted by molar-refractivity contribution is -0.123. The van der Waals surface area contributed by atoms with E-state index in [1.54, 1.807) is 31.5 Å². The molecule has 86 valence electrons. The third-order valence-electron chi connectivity index (χ3n) is 2.53. The van der Waals surface area contributed by atoms with Gasteiger partial charge in [0.15, 0.2) is 0 Å². The summed E-state index contributed by atoms with van der Waals surface area (Å²) in [6.07, 6.45) is 1.85. The van der Waals surface area contributed by atoms with Crippen LogP contribution in [0, 0.1) is 11.3 Å². The lowest BCUT2D eigenvalue weighted by Gasteiger charge is -2.21. The Kier molecular flexibility index (Phi) is 3.35. The Morgan fingerprint density at radius 1 is 1.69 bits per heavy atom. The van der Waals surface area contributed by atoms with Gasteiger partial charge in [0.2, 0.25) is 5.91 Å². The minimum absolute atomic E-state index is 0.399. The van der Waals surface area contributed by atoms with E-state index in [1.165, 1.54) is 0 Å². The number of nitrogens with two attached hydrogens (primary N) is 1. The van der Waals surface area contributed by atoms with Crippen molar-refractivity contribution in [3.63, 3.8) is 0 Å². The van der Waals surface area contributed by atoms with Crippen molar-refractivity contribution in [3.05, 3.63) is 23.5 Å². The monoisotopic (exact) mass is 220 g/mol. The van der Waals surface area contributed by atoms with Gasteiger partial charge in [-0.3, -0.25) is 10.1 Å². The number of carbonyl (C=O) groups is 1. The highest BCUT2D eigenvalue weighted by molar-refractivity contribution is 5.83. The molecule has 3 N–H and O–H groups in total. The van der Waals surface area contributed by atoms with Crippen molar-refractivity contribution in [2.24, 2.45) is 12.8 Å². The summed E-state index contributed by atoms with van der Waals surface area (Å²) in [5.74, 6) is -0.399. The van der Waals surface area contributed by atoms with Gasteiger partial charge < -0.3 is 10.3 Å². The number of nitriles is 1. The second kappa shape index (κ2) is 4.37. The maximum Gasteiger partial charge on any atom is 0.237 e. The molecule has 0 radical (unpaired) electrons. The van der Waals surface area contributed by atoms with Gasteiger partial charge in [-0.05, 0) is 25.5 Å². The zero-order valence-corrected chi connectivity index (χ0v) is 9.74. The number of primary amides is 1. The standard InChI is InChI=1S/C11H16N4O/c1-11(2,10(13)16)14-6-8-4-9(5-12)15(3)7-8/h4,7,14H,6H2,1-3H3,(H2,13,16). The Hall–Kier alpha value is -1.80. The van der Waals surface area contributed by atoms with Crippen molar-refractivity contribution in [1.29, 1.82) is 5.26 Å². The molecule has 0 unspecified atom stereocenters. The van der Waals surface area contributed by atoms with Crippen LogP contribution in [0.3, 0.4) is 0 Å². The van der Waals surface area contributed by atoms with Gasteiger partial charge >= 0.3 is 0 Å². The maximum absolute atomic E-state index is 11.1. The molecule has 0 spiro atoms. The molecule has 0 aliphatic carbocycles. The molecular weight excluding hydrogens is 204 g/mol. The maximum atomic E-state index is 11.1. The molecule has 0 atom stereocenters. The van der Waals surface area contributed by atoms with E-state index in [-0.39, 0.29) is 0 Å². The number of amides is 1. The van der Waals surface area contributed by atoms with Crippen LogP contribution in [0.25, 0.3) is 0 Å². The van der Waals surface area contributed by atoms with Crippen molar-refractivity contribution >= 4 is 5.91 Å². The van der Waals surface area contributed by atoms with Gasteiger partial charge in [-0.15, -0.1) is 0 Å². The SMILES string of the molecule is Cn1cc(CNC(C)(C)C(N)=O)cc1C#N. The first-order chi connectivity index (χ1) is 7.36. The number of aryl methyl sites for hydroxylation is 1. The van der Waals surface area contributed by atoms with Crippen LogP contribution in [0.2, 0.25) is 0 Å². The minimum atomic E-state index is -0.747. The number of hydrogen-bond donors (Lipinski definition) is 2. The number of aromatic nitrogens is 1. The van der Waals surface area contributed by atoms with Crippen LogP contribution in [0.15, 0.2) is 12.3 Å². The fourth-order valence-electron chi connectivity index (χ4n) is 1.25. The summed E-state index contributed by atoms with van der Waals surface area (Å²) in [6, 6.07) is 3.86. The summed E-state index contributed by atoms with van der Waals surface area (Å²) in [6.45, 7) is 3.96. The third-order valence-corrected chi connectivity index (χ3v) is 2.53. The molecule has 0 aliphatic rings. The van der Waals surface area contributed by atoms with E-state index in [0.29, 0.717) is 12.2 Å². The molecule has 0 bridgehead atoms. The third kappa shape index (κ3) is 2.61. The smallest absolute Gasteiger partial charge is 0.237 e. The highest BCUT2D eigenvalue weighted by Gasteiger charge is 2.23. The summed E-state index contributed by atoms with van der Waals surface area (Å²) in [5, 5.41) is 11.8. The molecule has 1 heterocycles. The molecule has 16 heavy (non-hydrogen) atoms. The van der Waals surface area contributed by atoms with E-state index < -0.39 is 11.4 Å². The van der Waals surface area contributed by atoms with Gasteiger partial charge in [0.05, 0.1) is 5.54 Å². The van der Waals surface area contributed by atoms with Crippen molar-refractivity contribution in [2.45, 2.75) is 25.9 Å². The van der Waals surface area contributed by atoms with E-state index in [4.69, 9.17) is 11.0 Å². The van der Waals surface area contributed by atoms with E-state index in [1.807, 2.05) is 6.20 Å². The molecule has 0 aliphatic heterocycles. The number of rotatable bonds is 4. The molecule has 0 saturated heterocycles. The van der Waals surface area contributed by atoms with E-state index >= 15 is 0 Å². The second-order valence-electron chi connectivity index (χ2n) is 4.30. The molecule has 1 amide bonds. The number of hydrogen-bond acceptors (Lipinski definition) is 3. The lowest BCUT2D eigenvalue weighted by atomic mass is 10.1. The molecule has 1 rings (SSSR count). The van der Waals surface area contributed by atoms with E-state index in [9.17, 15) is 4.79 Å². The van der Waals surface area contributed by atoms with E-state index in [0.717, 1.165) is 5.56 Å². The van der Waals surface area contributed by atoms with Gasteiger partial charge in [-0.1, -0.05) is 0 Å². The van der Waals surface area contributed by atoms with Gasteiger partial charge in [-0.2, -0.15) is 5.26 Å². The summed E-state index contributed by atoms with van der Waals surface area (Å²) in [4.78, 5) is 11.1. The predicted octanol–water partition coefficient (Wildman–Crippen LogP) is 0.250. The molecular formula is C11H16N4O. The molecule has 0 aromatic carbocycles. The quantitative estimate of drug-likeness (QED) is 0.763. The summed E-state index contributed by atoms with van der Waals surface area (Å²) in [7, 11) is 1.81. The first-order valence-electron chi connectivity index (χ1n) is 4.97. The van der Waals surface area contributed by atoms with Crippen LogP contribution >= 0.6 is 0 Å². The van der Waals surface area contributed by atoms with Gasteiger partial charge in [-0.25, -0.2) is 0 Å². The summed E-state index contributed by atoms with van der Waals surface area (Å²) < 4.78 is 1.74. The average molecular weight is 220 g/mol. The zero-order chi connectivity index (χ0) is 12.3. The van der Waals surface area contributed by atoms with Crippen molar-refractivity contribution < 1.29 is 4.79 Å². The second-order valence-corrected chi connectivity index (χ2v) is 4.30. The zero-order valence-electron chi connectivity index (χ0n) is 9.74. The van der Waals surface area contributed by atoms with Gasteiger partial charge in [0.1, 0.15) is 11.8 Å². The van der Waals surface area contributed by atoms with Crippen molar-refractivity contribution in [2.75, 3.05) is 0 Å². The fourth-order valence-corrected chi connectivity index (χ4v) is 1.25. The molecule has 1 aromatic heterocycles. The number of carbonyl (C=O) groups excluding carboxylic acids is 1. The largest absolute Gasteiger partial charge is 0.368 e. The molecule has 0 fully saturated rings. The first kappa shape index (κ1) is 12.3. The topological polar surface area (TPSA) is 83.8 Å². The van der Waals surface area contributed by atoms with Crippen molar-refractivity contribution in [1.82, 2.24) is 9.88 Å². The molecule has 1 aromatic rings. The Morgan fingerprint density at radius 2 is 2.31 bits per heavy atom. The van der Waals surface area contributed by atoms with Crippen LogP contribution in [-0.4, -0.2) is 16.0 Å². The molecule has 5 heteroatoms. The van der Waals surface area contributed by atoms with Crippen LogP contribution in [0.4, 0.5) is 0 Å². The van der Waals surface area contributed by atoms with Crippen LogP contribution in [-0.2, 0) is 18.4 Å². The first-order valence-corrected chi connectivity index (χ1v) is 4.97. The van der Waals surface area contributed by atoms with Crippen molar-refractivity contribution in [3.8, 4) is 6.07 Å². The van der Waals surface area contributed by atoms with Gasteiger partial charge in [0.25, 0.3) is 0 Å². The average Bonchev–Trinajstić information content (AvgIpc) is 2.56. The van der Waals surface area contributed by atoms with Crippen LogP contribution < -0.4 is 11.1 Å². The highest BCUT2D eigenvalue weighted by atomic mass is 16.1. The Morgan fingerprint density at radius 3 is 2.75 bits per heavy atom. The minimum Gasteiger partial charge on any atom is -0.368 e. The Balaban J connectivity index is 2.69. The van der Waals surface area contributed by atoms with Gasteiger partial charge in [0, 0.05) is 19.8 Å². The van der Waals surface area contributed by atoms with Crippen LogP contribution in [0.1, 0.15) is 25.1 Å². The van der Waals surface area contributed by atoms with E-state index in [2.05, 4.69) is 11.4 Å². The summed E-state index contributed by atoms with van der Waals surface area (Å²) >= 11 is 0. The lowest BCUT2D eigenvalue weighted by Crippen LogP contribution is -2.50. The predicted molar refractivity (Wildman–Crippen MR) is 60.2 cm³/mol. The highest BCUT2D eigenvalue weighted by Crippen LogP contribution is 2.08. The number of nitrogens with one attached hydrogen (secondary N) is 1. The van der Waals surface area contributed by atoms with Crippen LogP contribution in [0.5, 0.6) is 0 Å².